The van der Waals surface area contributed by atoms with Gasteiger partial charge in [-0.1, -0.05) is 30.3 Å². The smallest absolute Gasteiger partial charge is 0.315 e. The summed E-state index contributed by atoms with van der Waals surface area (Å²) >= 11 is 0. The molecule has 2 unspecified atom stereocenters. The van der Waals surface area contributed by atoms with E-state index in [1.54, 1.807) is 55.5 Å². The molecule has 0 saturated heterocycles. The first-order valence-corrected chi connectivity index (χ1v) is 9.68. The van der Waals surface area contributed by atoms with E-state index in [-0.39, 0.29) is 11.8 Å². The minimum Gasteiger partial charge on any atom is -0.468 e. The zero-order chi connectivity index (χ0) is 23.5. The van der Waals surface area contributed by atoms with Crippen molar-refractivity contribution in [2.75, 3.05) is 21.3 Å². The minimum absolute atomic E-state index is 0.0844. The van der Waals surface area contributed by atoms with Crippen LogP contribution in [0.3, 0.4) is 0 Å². The van der Waals surface area contributed by atoms with Crippen LogP contribution in [0.2, 0.25) is 0 Å². The Morgan fingerprint density at radius 3 is 2.34 bits per heavy atom. The third-order valence-corrected chi connectivity index (χ3v) is 4.61. The highest BCUT2D eigenvalue weighted by Crippen LogP contribution is 2.32. The first kappa shape index (κ1) is 24.3. The molecule has 32 heavy (non-hydrogen) atoms. The van der Waals surface area contributed by atoms with Gasteiger partial charge in [0, 0.05) is 19.7 Å². The van der Waals surface area contributed by atoms with Crippen LogP contribution in [0.15, 0.2) is 70.5 Å². The molecule has 2 atom stereocenters. The monoisotopic (exact) mass is 435 g/mol. The maximum atomic E-state index is 12.4. The fourth-order valence-corrected chi connectivity index (χ4v) is 2.89. The Balaban J connectivity index is 2.38. The van der Waals surface area contributed by atoms with Crippen molar-refractivity contribution in [3.8, 4) is 17.6 Å². The van der Waals surface area contributed by atoms with E-state index in [0.29, 0.717) is 22.6 Å². The number of nitriles is 1. The van der Waals surface area contributed by atoms with Gasteiger partial charge in [0.25, 0.3) is 0 Å². The summed E-state index contributed by atoms with van der Waals surface area (Å²) in [7, 11) is 4.36. The normalized spacial score (nSPS) is 13.5. The highest BCUT2D eigenvalue weighted by Gasteiger charge is 2.31. The van der Waals surface area contributed by atoms with Gasteiger partial charge in [0.1, 0.15) is 23.5 Å². The van der Waals surface area contributed by atoms with Gasteiger partial charge in [-0.3, -0.25) is 9.79 Å². The van der Waals surface area contributed by atoms with Crippen LogP contribution in [0.4, 0.5) is 0 Å². The molecule has 8 heteroatoms. The molecule has 166 valence electrons. The molecule has 0 N–H and O–H groups in total. The van der Waals surface area contributed by atoms with Crippen LogP contribution in [-0.2, 0) is 14.3 Å². The molecule has 0 spiro atoms. The molecule has 0 aliphatic rings. The second kappa shape index (κ2) is 12.0. The Morgan fingerprint density at radius 2 is 1.75 bits per heavy atom. The fraction of sp³-hybridized carbons (Fsp3) is 0.250. The molecular weight excluding hydrogens is 410 g/mol. The van der Waals surface area contributed by atoms with Crippen molar-refractivity contribution in [1.29, 1.82) is 5.26 Å². The minimum atomic E-state index is -0.717. The van der Waals surface area contributed by atoms with E-state index in [1.165, 1.54) is 27.3 Å². The van der Waals surface area contributed by atoms with Crippen molar-refractivity contribution in [2.24, 2.45) is 9.98 Å². The predicted octanol–water partition coefficient (Wildman–Crippen LogP) is 3.88. The average Bonchev–Trinajstić information content (AvgIpc) is 2.83. The second-order valence-electron chi connectivity index (χ2n) is 6.49. The summed E-state index contributed by atoms with van der Waals surface area (Å²) < 4.78 is 22.0. The molecule has 2 rings (SSSR count). The van der Waals surface area contributed by atoms with Gasteiger partial charge in [-0.05, 0) is 31.8 Å². The number of methoxy groups -OCH3 is 2. The number of ether oxygens (including phenoxy) is 4. The van der Waals surface area contributed by atoms with Gasteiger partial charge in [-0.15, -0.1) is 0 Å². The Bertz CT molecular complexity index is 1060. The van der Waals surface area contributed by atoms with E-state index < -0.39 is 18.0 Å². The Morgan fingerprint density at radius 1 is 1.09 bits per heavy atom. The molecule has 2 aromatic rings. The van der Waals surface area contributed by atoms with E-state index in [4.69, 9.17) is 18.9 Å². The van der Waals surface area contributed by atoms with E-state index >= 15 is 0 Å². The molecule has 0 amide bonds. The summed E-state index contributed by atoms with van der Waals surface area (Å²) in [4.78, 5) is 20.4. The van der Waals surface area contributed by atoms with Gasteiger partial charge in [0.15, 0.2) is 0 Å². The number of aliphatic imine (C=N–C) groups is 2. The van der Waals surface area contributed by atoms with Gasteiger partial charge in [0.05, 0.1) is 24.9 Å². The van der Waals surface area contributed by atoms with Crippen LogP contribution in [0.25, 0.3) is 0 Å². The van der Waals surface area contributed by atoms with Crippen LogP contribution in [0.5, 0.6) is 11.5 Å². The van der Waals surface area contributed by atoms with Crippen molar-refractivity contribution < 1.29 is 23.7 Å². The third-order valence-electron chi connectivity index (χ3n) is 4.61. The molecular formula is C24H25N3O5. The maximum Gasteiger partial charge on any atom is 0.315 e. The first-order valence-electron chi connectivity index (χ1n) is 9.68. The van der Waals surface area contributed by atoms with Crippen molar-refractivity contribution in [1.82, 2.24) is 0 Å². The standard InChI is InChI=1S/C24H25N3O5/c1-16(29-4)23(24(28)30-5)18-11-7-9-13-20(18)32-22(27-3)14-21(26-2)31-19-12-8-6-10-17(19)15-25/h6-14,16,23H,3H2,1-2,4-5H3/b22-14+,26-21?. The van der Waals surface area contributed by atoms with Crippen molar-refractivity contribution in [3.63, 3.8) is 0 Å². The number of nitrogens with zero attached hydrogens (tertiary/aromatic N) is 3. The molecule has 0 aliphatic heterocycles. The van der Waals surface area contributed by atoms with Gasteiger partial charge in [-0.25, -0.2) is 4.99 Å². The lowest BCUT2D eigenvalue weighted by molar-refractivity contribution is -0.145. The highest BCUT2D eigenvalue weighted by molar-refractivity contribution is 5.90. The largest absolute Gasteiger partial charge is 0.468 e. The Labute approximate surface area is 187 Å². The van der Waals surface area contributed by atoms with Crippen LogP contribution >= 0.6 is 0 Å². The number of benzene rings is 2. The first-order chi connectivity index (χ1) is 15.5. The number of carbonyl (C=O) groups is 1. The average molecular weight is 435 g/mol. The zero-order valence-corrected chi connectivity index (χ0v) is 18.4. The van der Waals surface area contributed by atoms with Gasteiger partial charge < -0.3 is 18.9 Å². The number of esters is 1. The summed E-state index contributed by atoms with van der Waals surface area (Å²) in [6.45, 7) is 5.31. The quantitative estimate of drug-likeness (QED) is 0.256. The van der Waals surface area contributed by atoms with Crippen molar-refractivity contribution in [3.05, 3.63) is 71.6 Å². The molecule has 0 heterocycles. The van der Waals surface area contributed by atoms with Crippen molar-refractivity contribution in [2.45, 2.75) is 18.9 Å². The fourth-order valence-electron chi connectivity index (χ4n) is 2.89. The SMILES string of the molecule is C=N/C(=C\C(=NC)Oc1ccccc1C#N)Oc1ccccc1C(C(=O)OC)C(C)OC. The van der Waals surface area contributed by atoms with Crippen LogP contribution in [-0.4, -0.2) is 46.0 Å². The van der Waals surface area contributed by atoms with E-state index in [0.717, 1.165) is 0 Å². The summed E-state index contributed by atoms with van der Waals surface area (Å²) in [5.41, 5.74) is 0.921. The second-order valence-corrected chi connectivity index (χ2v) is 6.49. The third kappa shape index (κ3) is 6.03. The van der Waals surface area contributed by atoms with Crippen molar-refractivity contribution >= 4 is 18.6 Å². The zero-order valence-electron chi connectivity index (χ0n) is 18.4. The molecule has 0 radical (unpaired) electrons. The highest BCUT2D eigenvalue weighted by atomic mass is 16.5. The lowest BCUT2D eigenvalue weighted by Crippen LogP contribution is -2.27. The van der Waals surface area contributed by atoms with Gasteiger partial charge >= 0.3 is 5.97 Å². The summed E-state index contributed by atoms with van der Waals surface area (Å²) in [6, 6.07) is 15.8. The molecule has 0 saturated carbocycles. The lowest BCUT2D eigenvalue weighted by Gasteiger charge is -2.23. The molecule has 0 aliphatic carbocycles. The van der Waals surface area contributed by atoms with Gasteiger partial charge in [-0.2, -0.15) is 5.26 Å². The number of hydrogen-bond acceptors (Lipinski definition) is 8. The molecule has 2 aromatic carbocycles. The number of carbonyl (C=O) groups excluding carboxylic acids is 1. The van der Waals surface area contributed by atoms with Crippen LogP contribution < -0.4 is 9.47 Å². The van der Waals surface area contributed by atoms with E-state index in [1.807, 2.05) is 0 Å². The molecule has 0 aromatic heterocycles. The van der Waals surface area contributed by atoms with Gasteiger partial charge in [0.2, 0.25) is 11.8 Å². The summed E-state index contributed by atoms with van der Waals surface area (Å²) in [5.74, 6) is -0.220. The number of rotatable bonds is 9. The van der Waals surface area contributed by atoms with Crippen LogP contribution in [0, 0.1) is 11.3 Å². The Kier molecular flexibility index (Phi) is 9.14. The summed E-state index contributed by atoms with van der Waals surface area (Å²) in [5, 5.41) is 9.25. The summed E-state index contributed by atoms with van der Waals surface area (Å²) in [6.07, 6.45) is 0.972. The maximum absolute atomic E-state index is 12.4. The molecule has 0 fully saturated rings. The number of para-hydroxylation sites is 2. The molecule has 0 bridgehead atoms. The Hall–Kier alpha value is -3.96. The predicted molar refractivity (Wildman–Crippen MR) is 121 cm³/mol. The lowest BCUT2D eigenvalue weighted by atomic mass is 9.93. The van der Waals surface area contributed by atoms with Crippen LogP contribution in [0.1, 0.15) is 24.0 Å². The molecule has 8 nitrogen and oxygen atoms in total. The number of hydrogen-bond donors (Lipinski definition) is 0. The van der Waals surface area contributed by atoms with E-state index in [9.17, 15) is 10.1 Å². The van der Waals surface area contributed by atoms with E-state index in [2.05, 4.69) is 22.8 Å². The topological polar surface area (TPSA) is 102 Å².